The van der Waals surface area contributed by atoms with Crippen LogP contribution in [0.1, 0.15) is 68.7 Å². The van der Waals surface area contributed by atoms with Gasteiger partial charge in [0.15, 0.2) is 0 Å². The molecule has 5 heteroatoms. The van der Waals surface area contributed by atoms with Gasteiger partial charge in [-0.3, -0.25) is 14.6 Å². The van der Waals surface area contributed by atoms with Gasteiger partial charge in [-0.25, -0.2) is 0 Å². The maximum absolute atomic E-state index is 12.7. The molecule has 1 aromatic carbocycles. The van der Waals surface area contributed by atoms with E-state index in [1.165, 1.54) is 0 Å². The van der Waals surface area contributed by atoms with Crippen molar-refractivity contribution in [3.63, 3.8) is 0 Å². The first-order chi connectivity index (χ1) is 13.4. The average molecular weight is 397 g/mol. The lowest BCUT2D eigenvalue weighted by Crippen LogP contribution is -2.40. The van der Waals surface area contributed by atoms with Crippen LogP contribution in [0.3, 0.4) is 0 Å². The van der Waals surface area contributed by atoms with Crippen LogP contribution in [0.15, 0.2) is 36.5 Å². The van der Waals surface area contributed by atoms with E-state index < -0.39 is 0 Å². The van der Waals surface area contributed by atoms with Gasteiger partial charge in [-0.1, -0.05) is 32.9 Å². The zero-order valence-corrected chi connectivity index (χ0v) is 18.6. The normalized spacial score (nSPS) is 11.8. The molecule has 0 aliphatic carbocycles. The Bertz CT molecular complexity index is 890. The van der Waals surface area contributed by atoms with Gasteiger partial charge in [0, 0.05) is 30.1 Å². The van der Waals surface area contributed by atoms with Gasteiger partial charge in [-0.05, 0) is 55.5 Å². The number of ether oxygens (including phenoxy) is 1. The molecule has 0 radical (unpaired) electrons. The van der Waals surface area contributed by atoms with E-state index in [1.807, 2.05) is 39.0 Å². The molecule has 5 nitrogen and oxygen atoms in total. The van der Waals surface area contributed by atoms with Gasteiger partial charge in [0.2, 0.25) is 0 Å². The number of rotatable bonds is 6. The van der Waals surface area contributed by atoms with E-state index in [-0.39, 0.29) is 35.5 Å². The Morgan fingerprint density at radius 3 is 2.28 bits per heavy atom. The molecule has 1 amide bonds. The van der Waals surface area contributed by atoms with Crippen LogP contribution in [0.2, 0.25) is 0 Å². The molecule has 0 saturated heterocycles. The largest absolute Gasteiger partial charge is 0.496 e. The number of pyridine rings is 1. The topological polar surface area (TPSA) is 68.3 Å². The number of Topliss-reactive ketones (excluding diaryl/α,β-unsaturated/α-hetero) is 1. The van der Waals surface area contributed by atoms with Gasteiger partial charge in [0.25, 0.3) is 5.91 Å². The predicted octanol–water partition coefficient (Wildman–Crippen LogP) is 4.27. The number of carbonyl (C=O) groups is 2. The fourth-order valence-electron chi connectivity index (χ4n) is 3.00. The second-order valence-corrected chi connectivity index (χ2v) is 9.42. The van der Waals surface area contributed by atoms with Crippen molar-refractivity contribution in [2.75, 3.05) is 7.11 Å². The van der Waals surface area contributed by atoms with E-state index in [0.717, 1.165) is 16.7 Å². The molecule has 2 aromatic rings. The molecule has 0 unspecified atom stereocenters. The monoisotopic (exact) mass is 396 g/mol. The molecule has 0 atom stereocenters. The van der Waals surface area contributed by atoms with Crippen LogP contribution in [-0.2, 0) is 23.1 Å². The summed E-state index contributed by atoms with van der Waals surface area (Å²) >= 11 is 0. The molecule has 0 aliphatic rings. The Balaban J connectivity index is 2.16. The summed E-state index contributed by atoms with van der Waals surface area (Å²) < 4.78 is 5.45. The summed E-state index contributed by atoms with van der Waals surface area (Å²) in [4.78, 5) is 29.2. The Hall–Kier alpha value is -2.69. The minimum absolute atomic E-state index is 0.00944. The molecule has 29 heavy (non-hydrogen) atoms. The summed E-state index contributed by atoms with van der Waals surface area (Å²) in [6, 6.07) is 9.46. The highest BCUT2D eigenvalue weighted by Gasteiger charge is 2.19. The van der Waals surface area contributed by atoms with Crippen molar-refractivity contribution < 1.29 is 14.3 Å². The smallest absolute Gasteiger partial charge is 0.270 e. The lowest BCUT2D eigenvalue weighted by atomic mass is 9.85. The minimum Gasteiger partial charge on any atom is -0.496 e. The number of nitrogens with one attached hydrogen (secondary N) is 1. The summed E-state index contributed by atoms with van der Waals surface area (Å²) in [7, 11) is 1.61. The summed E-state index contributed by atoms with van der Waals surface area (Å²) in [5.41, 5.74) is 2.77. The van der Waals surface area contributed by atoms with Crippen molar-refractivity contribution in [3.05, 3.63) is 58.9 Å². The molecule has 2 rings (SSSR count). The maximum atomic E-state index is 12.7. The van der Waals surface area contributed by atoms with E-state index in [9.17, 15) is 9.59 Å². The van der Waals surface area contributed by atoms with Gasteiger partial charge in [0.1, 0.15) is 17.2 Å². The van der Waals surface area contributed by atoms with Crippen LogP contribution in [0.4, 0.5) is 0 Å². The maximum Gasteiger partial charge on any atom is 0.270 e. The summed E-state index contributed by atoms with van der Waals surface area (Å²) in [5.74, 6) is 0.528. The second-order valence-electron chi connectivity index (χ2n) is 9.42. The molecule has 0 saturated carbocycles. The Morgan fingerprint density at radius 2 is 1.69 bits per heavy atom. The summed E-state index contributed by atoms with van der Waals surface area (Å²) in [6.45, 7) is 12.2. The Kier molecular flexibility index (Phi) is 6.83. The van der Waals surface area contributed by atoms with E-state index in [1.54, 1.807) is 25.4 Å². The number of nitrogens with zero attached hydrogens (tertiary/aromatic N) is 1. The quantitative estimate of drug-likeness (QED) is 0.792. The number of aromatic nitrogens is 1. The van der Waals surface area contributed by atoms with E-state index >= 15 is 0 Å². The van der Waals surface area contributed by atoms with Crippen LogP contribution in [-0.4, -0.2) is 29.3 Å². The molecule has 1 N–H and O–H groups in total. The van der Waals surface area contributed by atoms with Gasteiger partial charge in [-0.2, -0.15) is 0 Å². The van der Waals surface area contributed by atoms with Crippen molar-refractivity contribution in [2.45, 2.75) is 65.3 Å². The highest BCUT2D eigenvalue weighted by Crippen LogP contribution is 2.28. The fourth-order valence-corrected chi connectivity index (χ4v) is 3.00. The zero-order chi connectivity index (χ0) is 21.8. The minimum atomic E-state index is -0.348. The Morgan fingerprint density at radius 1 is 1.00 bits per heavy atom. The first kappa shape index (κ1) is 22.6. The predicted molar refractivity (Wildman–Crippen MR) is 116 cm³/mol. The van der Waals surface area contributed by atoms with Crippen LogP contribution in [0.25, 0.3) is 0 Å². The standard InChI is InChI=1S/C24H32N2O3/c1-23(2,3)18-8-9-21(29-7)17(14-18)15-19(27)12-16-10-11-25-20(13-16)22(28)26-24(4,5)6/h8-11,13-14H,12,15H2,1-7H3,(H,26,28). The number of ketones is 1. The highest BCUT2D eigenvalue weighted by molar-refractivity contribution is 5.93. The van der Waals surface area contributed by atoms with Crippen LogP contribution < -0.4 is 10.1 Å². The third-order valence-corrected chi connectivity index (χ3v) is 4.48. The van der Waals surface area contributed by atoms with E-state index in [4.69, 9.17) is 4.74 Å². The van der Waals surface area contributed by atoms with Gasteiger partial charge >= 0.3 is 0 Å². The van der Waals surface area contributed by atoms with Crippen LogP contribution >= 0.6 is 0 Å². The van der Waals surface area contributed by atoms with Crippen molar-refractivity contribution in [3.8, 4) is 5.75 Å². The lowest BCUT2D eigenvalue weighted by Gasteiger charge is -2.21. The molecule has 156 valence electrons. The first-order valence-electron chi connectivity index (χ1n) is 9.85. The van der Waals surface area contributed by atoms with Gasteiger partial charge in [-0.15, -0.1) is 0 Å². The average Bonchev–Trinajstić information content (AvgIpc) is 2.59. The van der Waals surface area contributed by atoms with Crippen molar-refractivity contribution in [1.29, 1.82) is 0 Å². The molecule has 0 spiro atoms. The van der Waals surface area contributed by atoms with Crippen LogP contribution in [0, 0.1) is 0 Å². The highest BCUT2D eigenvalue weighted by atomic mass is 16.5. The number of hydrogen-bond donors (Lipinski definition) is 1. The van der Waals surface area contributed by atoms with Crippen LogP contribution in [0.5, 0.6) is 5.75 Å². The number of methoxy groups -OCH3 is 1. The van der Waals surface area contributed by atoms with Crippen molar-refractivity contribution in [2.24, 2.45) is 0 Å². The first-order valence-corrected chi connectivity index (χ1v) is 9.85. The van der Waals surface area contributed by atoms with Gasteiger partial charge in [0.05, 0.1) is 7.11 Å². The van der Waals surface area contributed by atoms with Crippen molar-refractivity contribution in [1.82, 2.24) is 10.3 Å². The number of amides is 1. The fraction of sp³-hybridized carbons (Fsp3) is 0.458. The van der Waals surface area contributed by atoms with Gasteiger partial charge < -0.3 is 10.1 Å². The molecular weight excluding hydrogens is 364 g/mol. The third-order valence-electron chi connectivity index (χ3n) is 4.48. The second kappa shape index (κ2) is 8.76. The number of benzene rings is 1. The zero-order valence-electron chi connectivity index (χ0n) is 18.6. The summed E-state index contributed by atoms with van der Waals surface area (Å²) in [5, 5.41) is 2.89. The third kappa shape index (κ3) is 6.70. The molecule has 0 fully saturated rings. The number of carbonyl (C=O) groups excluding carboxylic acids is 2. The SMILES string of the molecule is COc1ccc(C(C)(C)C)cc1CC(=O)Cc1ccnc(C(=O)NC(C)(C)C)c1. The molecule has 1 heterocycles. The molecule has 0 aliphatic heterocycles. The number of hydrogen-bond acceptors (Lipinski definition) is 4. The molecular formula is C24H32N2O3. The lowest BCUT2D eigenvalue weighted by molar-refractivity contribution is -0.117. The molecule has 0 bridgehead atoms. The van der Waals surface area contributed by atoms with Crippen molar-refractivity contribution >= 4 is 11.7 Å². The molecule has 1 aromatic heterocycles. The Labute approximate surface area is 173 Å². The van der Waals surface area contributed by atoms with E-state index in [2.05, 4.69) is 31.1 Å². The van der Waals surface area contributed by atoms with E-state index in [0.29, 0.717) is 11.4 Å². The summed E-state index contributed by atoms with van der Waals surface area (Å²) in [6.07, 6.45) is 2.08.